The highest BCUT2D eigenvalue weighted by Crippen LogP contribution is 2.32. The Kier molecular flexibility index (Phi) is 4.90. The summed E-state index contributed by atoms with van der Waals surface area (Å²) in [7, 11) is 0. The quantitative estimate of drug-likeness (QED) is 0.919. The molecule has 0 aromatic heterocycles. The lowest BCUT2D eigenvalue weighted by atomic mass is 9.96. The normalized spacial score (nSPS) is 22.5. The van der Waals surface area contributed by atoms with Crippen LogP contribution in [-0.4, -0.2) is 35.8 Å². The average molecular weight is 335 g/mol. The third-order valence-electron chi connectivity index (χ3n) is 4.87. The van der Waals surface area contributed by atoms with Crippen LogP contribution in [0.3, 0.4) is 0 Å². The summed E-state index contributed by atoms with van der Waals surface area (Å²) in [5.74, 6) is 0.628. The average Bonchev–Trinajstić information content (AvgIpc) is 3.40. The van der Waals surface area contributed by atoms with Crippen LogP contribution in [0.2, 0.25) is 5.02 Å². The van der Waals surface area contributed by atoms with E-state index < -0.39 is 0 Å². The summed E-state index contributed by atoms with van der Waals surface area (Å²) in [5.41, 5.74) is 0.627. The van der Waals surface area contributed by atoms with Gasteiger partial charge in [-0.25, -0.2) is 0 Å². The minimum absolute atomic E-state index is 0.0191. The van der Waals surface area contributed by atoms with Crippen LogP contribution < -0.4 is 5.32 Å². The van der Waals surface area contributed by atoms with E-state index in [4.69, 9.17) is 11.6 Å². The predicted octanol–water partition coefficient (Wildman–Crippen LogP) is 3.11. The van der Waals surface area contributed by atoms with Gasteiger partial charge in [0.05, 0.1) is 5.92 Å². The lowest BCUT2D eigenvalue weighted by Crippen LogP contribution is -2.47. The van der Waals surface area contributed by atoms with Crippen molar-refractivity contribution in [2.45, 2.75) is 38.6 Å². The Morgan fingerprint density at radius 2 is 1.91 bits per heavy atom. The van der Waals surface area contributed by atoms with Crippen LogP contribution in [0, 0.1) is 11.8 Å². The molecule has 1 saturated heterocycles. The topological polar surface area (TPSA) is 49.4 Å². The van der Waals surface area contributed by atoms with Gasteiger partial charge in [-0.3, -0.25) is 9.59 Å². The maximum absolute atomic E-state index is 12.6. The van der Waals surface area contributed by atoms with E-state index in [9.17, 15) is 9.59 Å². The molecule has 1 aromatic carbocycles. The van der Waals surface area contributed by atoms with Gasteiger partial charge in [0.1, 0.15) is 0 Å². The van der Waals surface area contributed by atoms with Gasteiger partial charge in [-0.05, 0) is 62.8 Å². The maximum atomic E-state index is 12.6. The van der Waals surface area contributed by atoms with Gasteiger partial charge in [-0.2, -0.15) is 0 Å². The first-order valence-corrected chi connectivity index (χ1v) is 8.77. The highest BCUT2D eigenvalue weighted by Gasteiger charge is 2.33. The minimum atomic E-state index is -0.0961. The molecule has 3 rings (SSSR count). The van der Waals surface area contributed by atoms with Gasteiger partial charge in [-0.1, -0.05) is 11.6 Å². The molecular weight excluding hydrogens is 312 g/mol. The molecule has 1 heterocycles. The second-order valence-electron chi connectivity index (χ2n) is 6.73. The van der Waals surface area contributed by atoms with Crippen LogP contribution in [0.15, 0.2) is 24.3 Å². The Bertz CT molecular complexity index is 583. The largest absolute Gasteiger partial charge is 0.353 e. The zero-order valence-electron chi connectivity index (χ0n) is 13.4. The van der Waals surface area contributed by atoms with Crippen molar-refractivity contribution in [3.05, 3.63) is 34.9 Å². The fourth-order valence-electron chi connectivity index (χ4n) is 3.21. The molecule has 0 spiro atoms. The number of benzene rings is 1. The molecule has 0 bridgehead atoms. The monoisotopic (exact) mass is 334 g/mol. The Morgan fingerprint density at radius 1 is 1.22 bits per heavy atom. The van der Waals surface area contributed by atoms with E-state index in [2.05, 4.69) is 12.2 Å². The lowest BCUT2D eigenvalue weighted by molar-refractivity contribution is -0.127. The van der Waals surface area contributed by atoms with Crippen LogP contribution >= 0.6 is 11.6 Å². The molecule has 2 aliphatic rings. The molecule has 1 N–H and O–H groups in total. The van der Waals surface area contributed by atoms with Crippen molar-refractivity contribution >= 4 is 23.4 Å². The van der Waals surface area contributed by atoms with Crippen LogP contribution in [0.4, 0.5) is 0 Å². The Morgan fingerprint density at radius 3 is 2.57 bits per heavy atom. The molecule has 124 valence electrons. The first kappa shape index (κ1) is 16.3. The Balaban J connectivity index is 1.59. The first-order valence-electron chi connectivity index (χ1n) is 8.40. The smallest absolute Gasteiger partial charge is 0.253 e. The number of likely N-dealkylation sites (tertiary alicyclic amines) is 1. The van der Waals surface area contributed by atoms with E-state index in [1.165, 1.54) is 12.8 Å². The molecule has 1 aromatic rings. The van der Waals surface area contributed by atoms with Gasteiger partial charge in [0.25, 0.3) is 5.91 Å². The molecule has 2 unspecified atom stereocenters. The van der Waals surface area contributed by atoms with Gasteiger partial charge in [0, 0.05) is 29.7 Å². The van der Waals surface area contributed by atoms with Crippen molar-refractivity contribution in [2.75, 3.05) is 13.1 Å². The number of hydrogen-bond acceptors (Lipinski definition) is 2. The highest BCUT2D eigenvalue weighted by atomic mass is 35.5. The third kappa shape index (κ3) is 4.05. The summed E-state index contributed by atoms with van der Waals surface area (Å²) in [6.07, 6.45) is 4.16. The van der Waals surface area contributed by atoms with Gasteiger partial charge in [-0.15, -0.1) is 0 Å². The van der Waals surface area contributed by atoms with E-state index in [-0.39, 0.29) is 23.8 Å². The van der Waals surface area contributed by atoms with Crippen LogP contribution in [0.1, 0.15) is 43.0 Å². The number of amides is 2. The lowest BCUT2D eigenvalue weighted by Gasteiger charge is -2.32. The van der Waals surface area contributed by atoms with E-state index in [0.29, 0.717) is 29.6 Å². The molecule has 5 heteroatoms. The van der Waals surface area contributed by atoms with Gasteiger partial charge >= 0.3 is 0 Å². The number of carbonyl (C=O) groups is 2. The Labute approximate surface area is 142 Å². The van der Waals surface area contributed by atoms with Crippen molar-refractivity contribution in [3.63, 3.8) is 0 Å². The van der Waals surface area contributed by atoms with Gasteiger partial charge in [0.15, 0.2) is 0 Å². The predicted molar refractivity (Wildman–Crippen MR) is 90.4 cm³/mol. The minimum Gasteiger partial charge on any atom is -0.353 e. The summed E-state index contributed by atoms with van der Waals surface area (Å²) in [4.78, 5) is 26.8. The number of hydrogen-bond donors (Lipinski definition) is 1. The Hall–Kier alpha value is -1.55. The van der Waals surface area contributed by atoms with Crippen LogP contribution in [-0.2, 0) is 4.79 Å². The molecule has 0 radical (unpaired) electrons. The highest BCUT2D eigenvalue weighted by molar-refractivity contribution is 6.30. The standard InChI is InChI=1S/C18H23ClN2O2/c1-12(13-4-5-13)20-17(22)15-3-2-10-21(11-15)18(23)14-6-8-16(19)9-7-14/h6-9,12-13,15H,2-5,10-11H2,1H3,(H,20,22). The van der Waals surface area contributed by atoms with E-state index in [0.717, 1.165) is 12.8 Å². The molecule has 2 atom stereocenters. The number of nitrogens with zero attached hydrogens (tertiary/aromatic N) is 1. The SMILES string of the molecule is CC(NC(=O)C1CCCN(C(=O)c2ccc(Cl)cc2)C1)C1CC1. The van der Waals surface area contributed by atoms with Crippen molar-refractivity contribution in [1.29, 1.82) is 0 Å². The number of rotatable bonds is 4. The van der Waals surface area contributed by atoms with E-state index in [1.807, 2.05) is 0 Å². The zero-order chi connectivity index (χ0) is 16.4. The molecule has 23 heavy (non-hydrogen) atoms. The van der Waals surface area contributed by atoms with Crippen LogP contribution in [0.25, 0.3) is 0 Å². The summed E-state index contributed by atoms with van der Waals surface area (Å²) < 4.78 is 0. The second kappa shape index (κ2) is 6.91. The first-order chi connectivity index (χ1) is 11.0. The summed E-state index contributed by atoms with van der Waals surface area (Å²) in [6.45, 7) is 3.29. The van der Waals surface area contributed by atoms with Crippen LogP contribution in [0.5, 0.6) is 0 Å². The van der Waals surface area contributed by atoms with E-state index in [1.54, 1.807) is 29.2 Å². The fraction of sp³-hybridized carbons (Fsp3) is 0.556. The maximum Gasteiger partial charge on any atom is 0.253 e. The number of carbonyl (C=O) groups excluding carboxylic acids is 2. The number of nitrogens with one attached hydrogen (secondary N) is 1. The fourth-order valence-corrected chi connectivity index (χ4v) is 3.33. The molecule has 2 amide bonds. The molecule has 1 aliphatic carbocycles. The van der Waals surface area contributed by atoms with Crippen molar-refractivity contribution in [1.82, 2.24) is 10.2 Å². The number of piperidine rings is 1. The van der Waals surface area contributed by atoms with Crippen molar-refractivity contribution in [2.24, 2.45) is 11.8 Å². The van der Waals surface area contributed by atoms with Gasteiger partial charge < -0.3 is 10.2 Å². The zero-order valence-corrected chi connectivity index (χ0v) is 14.2. The molecular formula is C18H23ClN2O2. The summed E-state index contributed by atoms with van der Waals surface area (Å²) in [5, 5.41) is 3.74. The molecule has 1 aliphatic heterocycles. The van der Waals surface area contributed by atoms with Crippen molar-refractivity contribution < 1.29 is 9.59 Å². The summed E-state index contributed by atoms with van der Waals surface area (Å²) in [6, 6.07) is 7.18. The molecule has 4 nitrogen and oxygen atoms in total. The van der Waals surface area contributed by atoms with Crippen molar-refractivity contribution in [3.8, 4) is 0 Å². The summed E-state index contributed by atoms with van der Waals surface area (Å²) >= 11 is 5.87. The molecule has 2 fully saturated rings. The van der Waals surface area contributed by atoms with E-state index >= 15 is 0 Å². The third-order valence-corrected chi connectivity index (χ3v) is 5.12. The van der Waals surface area contributed by atoms with Gasteiger partial charge in [0.2, 0.25) is 5.91 Å². The molecule has 1 saturated carbocycles. The number of halogens is 1. The second-order valence-corrected chi connectivity index (χ2v) is 7.17.